The Kier molecular flexibility index (Phi) is 5.11. The molecule has 1 atom stereocenters. The van der Waals surface area contributed by atoms with Crippen molar-refractivity contribution in [3.8, 4) is 5.75 Å². The second kappa shape index (κ2) is 6.62. The number of hydrogen-bond acceptors (Lipinski definition) is 3. The molecule has 1 aromatic carbocycles. The average Bonchev–Trinajstić information content (AvgIpc) is 2.75. The Morgan fingerprint density at radius 3 is 2.68 bits per heavy atom. The van der Waals surface area contributed by atoms with Crippen LogP contribution in [0.5, 0.6) is 5.75 Å². The van der Waals surface area contributed by atoms with Crippen LogP contribution in [0.3, 0.4) is 0 Å². The van der Waals surface area contributed by atoms with Gasteiger partial charge in [-0.15, -0.1) is 11.3 Å². The van der Waals surface area contributed by atoms with Crippen LogP contribution < -0.4 is 10.1 Å². The lowest BCUT2D eigenvalue weighted by Gasteiger charge is -2.18. The largest absolute Gasteiger partial charge is 0.497 e. The van der Waals surface area contributed by atoms with E-state index in [1.54, 1.807) is 7.11 Å². The molecule has 1 unspecified atom stereocenters. The molecule has 0 aliphatic carbocycles. The van der Waals surface area contributed by atoms with E-state index in [4.69, 9.17) is 27.9 Å². The molecular weight excluding hydrogens is 301 g/mol. The van der Waals surface area contributed by atoms with Crippen molar-refractivity contribution in [2.75, 3.05) is 13.7 Å². The van der Waals surface area contributed by atoms with Crippen molar-refractivity contribution in [2.45, 2.75) is 13.0 Å². The van der Waals surface area contributed by atoms with Crippen molar-refractivity contribution in [1.82, 2.24) is 5.32 Å². The molecule has 0 fully saturated rings. The van der Waals surface area contributed by atoms with Gasteiger partial charge in [-0.25, -0.2) is 0 Å². The molecule has 0 saturated heterocycles. The molecule has 2 rings (SSSR count). The van der Waals surface area contributed by atoms with Gasteiger partial charge < -0.3 is 10.1 Å². The van der Waals surface area contributed by atoms with Crippen molar-refractivity contribution in [3.63, 3.8) is 0 Å². The van der Waals surface area contributed by atoms with Crippen LogP contribution in [0.1, 0.15) is 24.1 Å². The third-order valence-electron chi connectivity index (χ3n) is 2.83. The minimum Gasteiger partial charge on any atom is -0.497 e. The Balaban J connectivity index is 2.41. The summed E-state index contributed by atoms with van der Waals surface area (Å²) in [7, 11) is 1.66. The summed E-state index contributed by atoms with van der Waals surface area (Å²) in [6.45, 7) is 2.90. The van der Waals surface area contributed by atoms with Crippen molar-refractivity contribution >= 4 is 34.5 Å². The number of benzene rings is 1. The zero-order valence-electron chi connectivity index (χ0n) is 10.7. The molecule has 5 heteroatoms. The maximum atomic E-state index is 6.26. The second-order valence-corrected chi connectivity index (χ2v) is 6.33. The quantitative estimate of drug-likeness (QED) is 0.858. The van der Waals surface area contributed by atoms with Gasteiger partial charge in [0.1, 0.15) is 5.75 Å². The monoisotopic (exact) mass is 315 g/mol. The van der Waals surface area contributed by atoms with Crippen LogP contribution >= 0.6 is 34.5 Å². The molecule has 0 aliphatic rings. The summed E-state index contributed by atoms with van der Waals surface area (Å²) in [5.74, 6) is 0.831. The summed E-state index contributed by atoms with van der Waals surface area (Å²) < 4.78 is 6.69. The Morgan fingerprint density at radius 2 is 2.11 bits per heavy atom. The minimum atomic E-state index is 0.0244. The molecule has 1 N–H and O–H groups in total. The Hall–Kier alpha value is -0.740. The third-order valence-corrected chi connectivity index (χ3v) is 4.35. The molecule has 19 heavy (non-hydrogen) atoms. The fourth-order valence-corrected chi connectivity index (χ4v) is 3.51. The number of nitrogens with one attached hydrogen (secondary N) is 1. The van der Waals surface area contributed by atoms with Crippen LogP contribution in [-0.4, -0.2) is 13.7 Å². The molecule has 2 aromatic rings. The predicted octanol–water partition coefficient (Wildman–Crippen LogP) is 4.76. The lowest BCUT2D eigenvalue weighted by Crippen LogP contribution is -2.21. The van der Waals surface area contributed by atoms with Gasteiger partial charge in [-0.3, -0.25) is 0 Å². The molecule has 0 spiro atoms. The van der Waals surface area contributed by atoms with Crippen molar-refractivity contribution in [3.05, 3.63) is 50.1 Å². The van der Waals surface area contributed by atoms with E-state index < -0.39 is 0 Å². The highest BCUT2D eigenvalue weighted by Gasteiger charge is 2.19. The number of methoxy groups -OCH3 is 1. The molecule has 2 nitrogen and oxygen atoms in total. The first-order valence-electron chi connectivity index (χ1n) is 5.97. The van der Waals surface area contributed by atoms with Gasteiger partial charge in [0.25, 0.3) is 0 Å². The van der Waals surface area contributed by atoms with E-state index >= 15 is 0 Å². The number of halogens is 2. The normalized spacial score (nSPS) is 12.4. The van der Waals surface area contributed by atoms with Gasteiger partial charge in [0.15, 0.2) is 0 Å². The molecule has 1 aromatic heterocycles. The standard InChI is InChI=1S/C14H15Cl2NOS/c1-3-17-13(11-8-12(15)19-14(11)16)9-5-4-6-10(7-9)18-2/h4-8,13,17H,3H2,1-2H3. The average molecular weight is 316 g/mol. The van der Waals surface area contributed by atoms with Gasteiger partial charge in [-0.2, -0.15) is 0 Å². The van der Waals surface area contributed by atoms with Crippen molar-refractivity contribution in [2.24, 2.45) is 0 Å². The van der Waals surface area contributed by atoms with E-state index in [2.05, 4.69) is 18.3 Å². The van der Waals surface area contributed by atoms with Gasteiger partial charge in [-0.1, -0.05) is 42.3 Å². The number of hydrogen-bond donors (Lipinski definition) is 1. The Bertz CT molecular complexity index is 556. The van der Waals surface area contributed by atoms with Crippen LogP contribution in [0, 0.1) is 0 Å². The van der Waals surface area contributed by atoms with E-state index in [-0.39, 0.29) is 6.04 Å². The van der Waals surface area contributed by atoms with Gasteiger partial charge in [-0.05, 0) is 30.3 Å². The molecule has 0 radical (unpaired) electrons. The van der Waals surface area contributed by atoms with E-state index in [1.807, 2.05) is 24.3 Å². The van der Waals surface area contributed by atoms with Crippen molar-refractivity contribution < 1.29 is 4.74 Å². The van der Waals surface area contributed by atoms with Crippen LogP contribution in [0.25, 0.3) is 0 Å². The summed E-state index contributed by atoms with van der Waals surface area (Å²) in [4.78, 5) is 0. The summed E-state index contributed by atoms with van der Waals surface area (Å²) in [5, 5.41) is 3.43. The molecule has 1 heterocycles. The molecular formula is C14H15Cl2NOS. The molecule has 0 bridgehead atoms. The maximum absolute atomic E-state index is 6.26. The Morgan fingerprint density at radius 1 is 1.32 bits per heavy atom. The van der Waals surface area contributed by atoms with Crippen LogP contribution in [0.4, 0.5) is 0 Å². The van der Waals surface area contributed by atoms with Crippen LogP contribution in [-0.2, 0) is 0 Å². The van der Waals surface area contributed by atoms with E-state index in [0.717, 1.165) is 27.8 Å². The zero-order valence-corrected chi connectivity index (χ0v) is 13.1. The highest BCUT2D eigenvalue weighted by Crippen LogP contribution is 2.37. The summed E-state index contributed by atoms with van der Waals surface area (Å²) in [5.41, 5.74) is 2.12. The van der Waals surface area contributed by atoms with E-state index in [1.165, 1.54) is 11.3 Å². The smallest absolute Gasteiger partial charge is 0.119 e. The van der Waals surface area contributed by atoms with Gasteiger partial charge in [0.05, 0.1) is 21.8 Å². The fourth-order valence-electron chi connectivity index (χ4n) is 1.98. The van der Waals surface area contributed by atoms with E-state index in [0.29, 0.717) is 4.34 Å². The number of ether oxygens (including phenoxy) is 1. The lowest BCUT2D eigenvalue weighted by molar-refractivity contribution is 0.413. The number of thiophene rings is 1. The van der Waals surface area contributed by atoms with Crippen LogP contribution in [0.15, 0.2) is 30.3 Å². The first kappa shape index (κ1) is 14.7. The summed E-state index contributed by atoms with van der Waals surface area (Å²) >= 11 is 13.7. The molecule has 0 amide bonds. The van der Waals surface area contributed by atoms with Gasteiger partial charge in [0.2, 0.25) is 0 Å². The Labute approximate surface area is 127 Å². The molecule has 0 aliphatic heterocycles. The minimum absolute atomic E-state index is 0.0244. The highest BCUT2D eigenvalue weighted by molar-refractivity contribution is 7.20. The van der Waals surface area contributed by atoms with Crippen LogP contribution in [0.2, 0.25) is 8.67 Å². The molecule has 102 valence electrons. The fraction of sp³-hybridized carbons (Fsp3) is 0.286. The predicted molar refractivity (Wildman–Crippen MR) is 82.9 cm³/mol. The summed E-state index contributed by atoms with van der Waals surface area (Å²) in [6, 6.07) is 9.90. The SMILES string of the molecule is CCNC(c1cccc(OC)c1)c1cc(Cl)sc1Cl. The first-order chi connectivity index (χ1) is 9.15. The zero-order chi connectivity index (χ0) is 13.8. The topological polar surface area (TPSA) is 21.3 Å². The van der Waals surface area contributed by atoms with E-state index in [9.17, 15) is 0 Å². The first-order valence-corrected chi connectivity index (χ1v) is 7.55. The second-order valence-electron chi connectivity index (χ2n) is 4.05. The number of rotatable bonds is 5. The van der Waals surface area contributed by atoms with Crippen molar-refractivity contribution in [1.29, 1.82) is 0 Å². The lowest BCUT2D eigenvalue weighted by atomic mass is 10.0. The molecule has 0 saturated carbocycles. The summed E-state index contributed by atoms with van der Waals surface area (Å²) in [6.07, 6.45) is 0. The maximum Gasteiger partial charge on any atom is 0.119 e. The van der Waals surface area contributed by atoms with Gasteiger partial charge in [0, 0.05) is 5.56 Å². The van der Waals surface area contributed by atoms with Gasteiger partial charge >= 0.3 is 0 Å². The highest BCUT2D eigenvalue weighted by atomic mass is 35.5. The third kappa shape index (κ3) is 3.42.